The fourth-order valence-electron chi connectivity index (χ4n) is 1.47. The van der Waals surface area contributed by atoms with Gasteiger partial charge in [-0.15, -0.1) is 0 Å². The van der Waals surface area contributed by atoms with E-state index >= 15 is 0 Å². The molecule has 2 nitrogen and oxygen atoms in total. The van der Waals surface area contributed by atoms with Crippen LogP contribution in [-0.2, 0) is 4.79 Å². The molecule has 0 heterocycles. The first-order valence-electron chi connectivity index (χ1n) is 5.57. The molecule has 0 rings (SSSR count). The lowest BCUT2D eigenvalue weighted by atomic mass is 10.1. The van der Waals surface area contributed by atoms with Crippen molar-refractivity contribution in [3.8, 4) is 0 Å². The Morgan fingerprint density at radius 3 is 2.29 bits per heavy atom. The summed E-state index contributed by atoms with van der Waals surface area (Å²) >= 11 is 0. The van der Waals surface area contributed by atoms with Crippen molar-refractivity contribution < 1.29 is 9.90 Å². The highest BCUT2D eigenvalue weighted by Gasteiger charge is 1.95. The van der Waals surface area contributed by atoms with Crippen molar-refractivity contribution in [1.29, 1.82) is 0 Å². The Hall–Kier alpha value is -0.790. The molecule has 0 saturated carbocycles. The predicted octanol–water partition coefficient (Wildman–Crippen LogP) is 3.77. The summed E-state index contributed by atoms with van der Waals surface area (Å²) in [5.41, 5.74) is 0.980. The van der Waals surface area contributed by atoms with E-state index in [9.17, 15) is 4.79 Å². The Bertz CT molecular complexity index is 183. The number of unbranched alkanes of at least 4 members (excludes halogenated alkanes) is 5. The SMILES string of the molecule is CCCCCCCCC(C)=CC(=O)O. The second kappa shape index (κ2) is 8.79. The van der Waals surface area contributed by atoms with Crippen molar-refractivity contribution in [1.82, 2.24) is 0 Å². The highest BCUT2D eigenvalue weighted by Crippen LogP contribution is 2.10. The van der Waals surface area contributed by atoms with Crippen molar-refractivity contribution in [2.45, 2.75) is 58.8 Å². The zero-order valence-corrected chi connectivity index (χ0v) is 9.38. The Labute approximate surface area is 87.0 Å². The molecule has 0 aliphatic heterocycles. The summed E-state index contributed by atoms with van der Waals surface area (Å²) in [6, 6.07) is 0. The summed E-state index contributed by atoms with van der Waals surface area (Å²) in [6.45, 7) is 4.10. The van der Waals surface area contributed by atoms with Crippen LogP contribution in [0.4, 0.5) is 0 Å². The van der Waals surface area contributed by atoms with Gasteiger partial charge in [0, 0.05) is 6.08 Å². The molecule has 0 aromatic rings. The number of carbonyl (C=O) groups is 1. The summed E-state index contributed by atoms with van der Waals surface area (Å²) in [5.74, 6) is -0.825. The molecule has 0 radical (unpaired) electrons. The highest BCUT2D eigenvalue weighted by molar-refractivity contribution is 5.80. The number of hydrogen-bond acceptors (Lipinski definition) is 1. The van der Waals surface area contributed by atoms with Crippen molar-refractivity contribution in [3.63, 3.8) is 0 Å². The highest BCUT2D eigenvalue weighted by atomic mass is 16.4. The van der Waals surface area contributed by atoms with Crippen LogP contribution in [0.15, 0.2) is 11.6 Å². The quantitative estimate of drug-likeness (QED) is 0.476. The predicted molar refractivity (Wildman–Crippen MR) is 59.4 cm³/mol. The number of hydrogen-bond donors (Lipinski definition) is 1. The lowest BCUT2D eigenvalue weighted by Crippen LogP contribution is -1.90. The van der Waals surface area contributed by atoms with Crippen molar-refractivity contribution >= 4 is 5.97 Å². The number of carboxylic acids is 1. The van der Waals surface area contributed by atoms with Gasteiger partial charge in [0.2, 0.25) is 0 Å². The van der Waals surface area contributed by atoms with Gasteiger partial charge in [-0.3, -0.25) is 0 Å². The standard InChI is InChI=1S/C12H22O2/c1-3-4-5-6-7-8-9-11(2)10-12(13)14/h10H,3-9H2,1-2H3,(H,13,14). The molecule has 0 saturated heterocycles. The molecular formula is C12H22O2. The van der Waals surface area contributed by atoms with Gasteiger partial charge in [0.15, 0.2) is 0 Å². The first-order chi connectivity index (χ1) is 6.66. The third-order valence-electron chi connectivity index (χ3n) is 2.29. The molecule has 0 atom stereocenters. The molecular weight excluding hydrogens is 176 g/mol. The number of carboxylic acid groups (broad SMARTS) is 1. The second-order valence-corrected chi connectivity index (χ2v) is 3.85. The average Bonchev–Trinajstić information content (AvgIpc) is 2.10. The summed E-state index contributed by atoms with van der Waals surface area (Å²) in [6.07, 6.45) is 9.79. The Kier molecular flexibility index (Phi) is 8.30. The molecule has 0 amide bonds. The molecule has 1 N–H and O–H groups in total. The number of allylic oxidation sites excluding steroid dienone is 1. The van der Waals surface area contributed by atoms with Crippen LogP contribution < -0.4 is 0 Å². The van der Waals surface area contributed by atoms with Gasteiger partial charge < -0.3 is 5.11 Å². The van der Waals surface area contributed by atoms with Gasteiger partial charge >= 0.3 is 5.97 Å². The lowest BCUT2D eigenvalue weighted by molar-refractivity contribution is -0.131. The number of aliphatic carboxylic acids is 1. The molecule has 0 aromatic heterocycles. The van der Waals surface area contributed by atoms with Crippen LogP contribution in [0.2, 0.25) is 0 Å². The Balaban J connectivity index is 3.31. The normalized spacial score (nSPS) is 11.7. The van der Waals surface area contributed by atoms with Crippen LogP contribution in [0, 0.1) is 0 Å². The van der Waals surface area contributed by atoms with Gasteiger partial charge in [0.25, 0.3) is 0 Å². The topological polar surface area (TPSA) is 37.3 Å². The van der Waals surface area contributed by atoms with E-state index in [1.54, 1.807) is 0 Å². The van der Waals surface area contributed by atoms with Crippen LogP contribution in [0.3, 0.4) is 0 Å². The molecule has 0 aromatic carbocycles. The largest absolute Gasteiger partial charge is 0.478 e. The molecule has 0 aliphatic rings. The van der Waals surface area contributed by atoms with E-state index in [-0.39, 0.29) is 0 Å². The summed E-state index contributed by atoms with van der Waals surface area (Å²) < 4.78 is 0. The molecule has 0 fully saturated rings. The summed E-state index contributed by atoms with van der Waals surface area (Å²) in [4.78, 5) is 10.3. The fraction of sp³-hybridized carbons (Fsp3) is 0.750. The van der Waals surface area contributed by atoms with Crippen LogP contribution in [0.25, 0.3) is 0 Å². The van der Waals surface area contributed by atoms with Crippen LogP contribution in [-0.4, -0.2) is 11.1 Å². The smallest absolute Gasteiger partial charge is 0.328 e. The van der Waals surface area contributed by atoms with Gasteiger partial charge in [0.1, 0.15) is 0 Å². The molecule has 0 bridgehead atoms. The zero-order chi connectivity index (χ0) is 10.8. The average molecular weight is 198 g/mol. The number of rotatable bonds is 8. The first-order valence-corrected chi connectivity index (χ1v) is 5.57. The molecule has 2 heteroatoms. The second-order valence-electron chi connectivity index (χ2n) is 3.85. The van der Waals surface area contributed by atoms with Gasteiger partial charge in [-0.1, -0.05) is 44.6 Å². The van der Waals surface area contributed by atoms with Crippen molar-refractivity contribution in [3.05, 3.63) is 11.6 Å². The van der Waals surface area contributed by atoms with E-state index in [0.717, 1.165) is 18.4 Å². The molecule has 0 unspecified atom stereocenters. The van der Waals surface area contributed by atoms with Gasteiger partial charge in [-0.2, -0.15) is 0 Å². The Morgan fingerprint density at radius 1 is 1.14 bits per heavy atom. The van der Waals surface area contributed by atoms with E-state index in [1.165, 1.54) is 38.2 Å². The minimum Gasteiger partial charge on any atom is -0.478 e. The maximum absolute atomic E-state index is 10.3. The van der Waals surface area contributed by atoms with E-state index in [0.29, 0.717) is 0 Å². The van der Waals surface area contributed by atoms with E-state index in [4.69, 9.17) is 5.11 Å². The minimum absolute atomic E-state index is 0.825. The molecule has 0 spiro atoms. The zero-order valence-electron chi connectivity index (χ0n) is 9.38. The lowest BCUT2D eigenvalue weighted by Gasteiger charge is -2.00. The van der Waals surface area contributed by atoms with Crippen LogP contribution in [0.1, 0.15) is 58.8 Å². The third-order valence-corrected chi connectivity index (χ3v) is 2.29. The van der Waals surface area contributed by atoms with Crippen LogP contribution in [0.5, 0.6) is 0 Å². The Morgan fingerprint density at radius 2 is 1.71 bits per heavy atom. The maximum atomic E-state index is 10.3. The van der Waals surface area contributed by atoms with Gasteiger partial charge in [-0.05, 0) is 19.8 Å². The monoisotopic (exact) mass is 198 g/mol. The van der Waals surface area contributed by atoms with Gasteiger partial charge in [-0.25, -0.2) is 4.79 Å². The van der Waals surface area contributed by atoms with E-state index in [2.05, 4.69) is 6.92 Å². The van der Waals surface area contributed by atoms with E-state index < -0.39 is 5.97 Å². The third kappa shape index (κ3) is 9.30. The van der Waals surface area contributed by atoms with Crippen molar-refractivity contribution in [2.24, 2.45) is 0 Å². The molecule has 14 heavy (non-hydrogen) atoms. The summed E-state index contributed by atoms with van der Waals surface area (Å²) in [7, 11) is 0. The minimum atomic E-state index is -0.825. The first kappa shape index (κ1) is 13.2. The molecule has 0 aliphatic carbocycles. The van der Waals surface area contributed by atoms with Crippen LogP contribution >= 0.6 is 0 Å². The van der Waals surface area contributed by atoms with E-state index in [1.807, 2.05) is 6.92 Å². The fourth-order valence-corrected chi connectivity index (χ4v) is 1.47. The molecule has 82 valence electrons. The van der Waals surface area contributed by atoms with Gasteiger partial charge in [0.05, 0.1) is 0 Å². The van der Waals surface area contributed by atoms with Crippen molar-refractivity contribution in [2.75, 3.05) is 0 Å². The summed E-state index contributed by atoms with van der Waals surface area (Å²) in [5, 5.41) is 8.48. The maximum Gasteiger partial charge on any atom is 0.328 e.